The number of nitrogens with one attached hydrogen (secondary N) is 2. The first-order valence-corrected chi connectivity index (χ1v) is 6.20. The van der Waals surface area contributed by atoms with Gasteiger partial charge in [-0.25, -0.2) is 0 Å². The third kappa shape index (κ3) is 4.94. The van der Waals surface area contributed by atoms with Gasteiger partial charge in [0.05, 0.1) is 0 Å². The molecule has 0 aromatic carbocycles. The van der Waals surface area contributed by atoms with E-state index in [1.54, 1.807) is 0 Å². The molecule has 2 unspecified atom stereocenters. The van der Waals surface area contributed by atoms with Crippen LogP contribution in [0.2, 0.25) is 0 Å². The third-order valence-electron chi connectivity index (χ3n) is 2.85. The largest absolute Gasteiger partial charge is 0.382 e. The monoisotopic (exact) mass is 228 g/mol. The van der Waals surface area contributed by atoms with Gasteiger partial charge in [-0.3, -0.25) is 4.79 Å². The Labute approximate surface area is 97.8 Å². The van der Waals surface area contributed by atoms with Crippen molar-refractivity contribution in [3.63, 3.8) is 0 Å². The van der Waals surface area contributed by atoms with E-state index in [4.69, 9.17) is 0 Å². The Morgan fingerprint density at radius 2 is 2.00 bits per heavy atom. The fraction of sp³-hybridized carbons (Fsp3) is 0.917. The van der Waals surface area contributed by atoms with Crippen LogP contribution in [0.3, 0.4) is 0 Å². The molecule has 0 aliphatic heterocycles. The molecule has 0 radical (unpaired) electrons. The minimum absolute atomic E-state index is 0.173. The van der Waals surface area contributed by atoms with Gasteiger partial charge in [-0.05, 0) is 38.1 Å². The fourth-order valence-electron chi connectivity index (χ4n) is 1.42. The molecule has 0 saturated heterocycles. The molecule has 0 aromatic heterocycles. The van der Waals surface area contributed by atoms with Crippen molar-refractivity contribution < 1.29 is 9.90 Å². The van der Waals surface area contributed by atoms with Crippen molar-refractivity contribution in [3.05, 3.63) is 0 Å². The standard InChI is InChI=1S/C12H24N2O2/c1-8(2)6-14-12(16)11(15)9(3)13-7-10-4-5-10/h8-11,13,15H,4-7H2,1-3H3,(H,14,16). The second-order valence-electron chi connectivity index (χ2n) is 5.22. The number of amides is 1. The van der Waals surface area contributed by atoms with E-state index in [1.165, 1.54) is 12.8 Å². The van der Waals surface area contributed by atoms with Crippen LogP contribution in [0, 0.1) is 11.8 Å². The number of hydrogen-bond acceptors (Lipinski definition) is 3. The van der Waals surface area contributed by atoms with Gasteiger partial charge in [0.25, 0.3) is 0 Å². The van der Waals surface area contributed by atoms with Gasteiger partial charge in [-0.1, -0.05) is 13.8 Å². The van der Waals surface area contributed by atoms with Crippen LogP contribution in [-0.2, 0) is 4.79 Å². The summed E-state index contributed by atoms with van der Waals surface area (Å²) >= 11 is 0. The number of carbonyl (C=O) groups excluding carboxylic acids is 1. The molecule has 1 saturated carbocycles. The molecule has 2 atom stereocenters. The van der Waals surface area contributed by atoms with Crippen LogP contribution in [0.25, 0.3) is 0 Å². The Kier molecular flexibility index (Phi) is 5.22. The first-order valence-electron chi connectivity index (χ1n) is 6.20. The molecular weight excluding hydrogens is 204 g/mol. The summed E-state index contributed by atoms with van der Waals surface area (Å²) in [4.78, 5) is 11.5. The topological polar surface area (TPSA) is 61.4 Å². The summed E-state index contributed by atoms with van der Waals surface area (Å²) in [6.07, 6.45) is 1.60. The van der Waals surface area contributed by atoms with E-state index in [9.17, 15) is 9.90 Å². The van der Waals surface area contributed by atoms with Crippen LogP contribution in [0.4, 0.5) is 0 Å². The second-order valence-corrected chi connectivity index (χ2v) is 5.22. The summed E-state index contributed by atoms with van der Waals surface area (Å²) in [6.45, 7) is 7.44. The fourth-order valence-corrected chi connectivity index (χ4v) is 1.42. The average Bonchev–Trinajstić information content (AvgIpc) is 3.05. The van der Waals surface area contributed by atoms with Crippen LogP contribution in [0.5, 0.6) is 0 Å². The van der Waals surface area contributed by atoms with E-state index in [0.29, 0.717) is 12.5 Å². The predicted molar refractivity (Wildman–Crippen MR) is 64.0 cm³/mol. The van der Waals surface area contributed by atoms with Crippen molar-refractivity contribution in [3.8, 4) is 0 Å². The molecule has 1 rings (SSSR count). The number of hydrogen-bond donors (Lipinski definition) is 3. The Bertz CT molecular complexity index is 227. The van der Waals surface area contributed by atoms with Gasteiger partial charge < -0.3 is 15.7 Å². The van der Waals surface area contributed by atoms with Gasteiger partial charge in [0.2, 0.25) is 5.91 Å². The Balaban J connectivity index is 2.18. The van der Waals surface area contributed by atoms with Gasteiger partial charge >= 0.3 is 0 Å². The lowest BCUT2D eigenvalue weighted by Gasteiger charge is -2.20. The van der Waals surface area contributed by atoms with E-state index >= 15 is 0 Å². The molecule has 16 heavy (non-hydrogen) atoms. The SMILES string of the molecule is CC(C)CNC(=O)C(O)C(C)NCC1CC1. The zero-order valence-corrected chi connectivity index (χ0v) is 10.5. The maximum atomic E-state index is 11.5. The van der Waals surface area contributed by atoms with Crippen molar-refractivity contribution in [1.82, 2.24) is 10.6 Å². The predicted octanol–water partition coefficient (Wildman–Crippen LogP) is 0.508. The molecule has 4 heteroatoms. The molecule has 94 valence electrons. The Morgan fingerprint density at radius 3 is 2.50 bits per heavy atom. The average molecular weight is 228 g/mol. The summed E-state index contributed by atoms with van der Waals surface area (Å²) in [7, 11) is 0. The van der Waals surface area contributed by atoms with Crippen molar-refractivity contribution in [2.45, 2.75) is 45.8 Å². The second kappa shape index (κ2) is 6.21. The minimum atomic E-state index is -0.947. The van der Waals surface area contributed by atoms with Gasteiger partial charge in [-0.15, -0.1) is 0 Å². The summed E-state index contributed by atoms with van der Waals surface area (Å²) in [6, 6.07) is -0.173. The quantitative estimate of drug-likeness (QED) is 0.595. The van der Waals surface area contributed by atoms with Crippen molar-refractivity contribution in [2.24, 2.45) is 11.8 Å². The molecule has 0 aromatic rings. The smallest absolute Gasteiger partial charge is 0.250 e. The van der Waals surface area contributed by atoms with Crippen molar-refractivity contribution >= 4 is 5.91 Å². The lowest BCUT2D eigenvalue weighted by molar-refractivity contribution is -0.130. The van der Waals surface area contributed by atoms with Crippen LogP contribution in [0.15, 0.2) is 0 Å². The highest BCUT2D eigenvalue weighted by Crippen LogP contribution is 2.27. The molecule has 1 aliphatic rings. The van der Waals surface area contributed by atoms with Crippen molar-refractivity contribution in [1.29, 1.82) is 0 Å². The first-order chi connectivity index (χ1) is 7.50. The molecule has 4 nitrogen and oxygen atoms in total. The molecular formula is C12H24N2O2. The van der Waals surface area contributed by atoms with Crippen LogP contribution in [0.1, 0.15) is 33.6 Å². The summed E-state index contributed by atoms with van der Waals surface area (Å²) in [5, 5.41) is 15.7. The minimum Gasteiger partial charge on any atom is -0.382 e. The Morgan fingerprint density at radius 1 is 1.38 bits per heavy atom. The normalized spacial score (nSPS) is 19.6. The highest BCUT2D eigenvalue weighted by Gasteiger charge is 2.25. The van der Waals surface area contributed by atoms with Gasteiger partial charge in [0, 0.05) is 12.6 Å². The van der Waals surface area contributed by atoms with E-state index in [1.807, 2.05) is 20.8 Å². The van der Waals surface area contributed by atoms with E-state index in [0.717, 1.165) is 12.5 Å². The zero-order valence-electron chi connectivity index (χ0n) is 10.5. The molecule has 0 heterocycles. The maximum absolute atomic E-state index is 11.5. The number of aliphatic hydroxyl groups is 1. The number of aliphatic hydroxyl groups excluding tert-OH is 1. The number of carbonyl (C=O) groups is 1. The van der Waals surface area contributed by atoms with E-state index in [2.05, 4.69) is 10.6 Å². The molecule has 1 fully saturated rings. The first kappa shape index (κ1) is 13.5. The maximum Gasteiger partial charge on any atom is 0.250 e. The van der Waals surface area contributed by atoms with Crippen LogP contribution < -0.4 is 10.6 Å². The summed E-state index contributed by atoms with van der Waals surface area (Å²) in [5.74, 6) is 0.892. The third-order valence-corrected chi connectivity index (χ3v) is 2.85. The lowest BCUT2D eigenvalue weighted by atomic mass is 10.1. The highest BCUT2D eigenvalue weighted by atomic mass is 16.3. The summed E-state index contributed by atoms with van der Waals surface area (Å²) < 4.78 is 0. The highest BCUT2D eigenvalue weighted by molar-refractivity contribution is 5.81. The van der Waals surface area contributed by atoms with Crippen molar-refractivity contribution in [2.75, 3.05) is 13.1 Å². The lowest BCUT2D eigenvalue weighted by Crippen LogP contribution is -2.48. The molecule has 0 bridgehead atoms. The van der Waals surface area contributed by atoms with E-state index < -0.39 is 6.10 Å². The molecule has 1 amide bonds. The Hall–Kier alpha value is -0.610. The van der Waals surface area contributed by atoms with Crippen LogP contribution in [-0.4, -0.2) is 36.2 Å². The summed E-state index contributed by atoms with van der Waals surface area (Å²) in [5.41, 5.74) is 0. The van der Waals surface area contributed by atoms with E-state index in [-0.39, 0.29) is 11.9 Å². The van der Waals surface area contributed by atoms with Gasteiger partial charge in [0.15, 0.2) is 0 Å². The van der Waals surface area contributed by atoms with Crippen LogP contribution >= 0.6 is 0 Å². The molecule has 0 spiro atoms. The van der Waals surface area contributed by atoms with Gasteiger partial charge in [-0.2, -0.15) is 0 Å². The number of rotatable bonds is 7. The zero-order chi connectivity index (χ0) is 12.1. The van der Waals surface area contributed by atoms with Gasteiger partial charge in [0.1, 0.15) is 6.10 Å². The molecule has 3 N–H and O–H groups in total. The molecule has 1 aliphatic carbocycles.